The molecule has 1 N–H and O–H groups in total. The van der Waals surface area contributed by atoms with E-state index in [0.717, 1.165) is 42.6 Å². The smallest absolute Gasteiger partial charge is 0.357 e. The first kappa shape index (κ1) is 23.7. The van der Waals surface area contributed by atoms with Gasteiger partial charge in [0.2, 0.25) is 5.91 Å². The monoisotopic (exact) mass is 472 g/mol. The molecule has 3 rings (SSSR count). The van der Waals surface area contributed by atoms with E-state index in [2.05, 4.69) is 20.2 Å². The van der Waals surface area contributed by atoms with E-state index < -0.39 is 11.7 Å². The van der Waals surface area contributed by atoms with Crippen molar-refractivity contribution in [1.29, 1.82) is 0 Å². The predicted molar refractivity (Wildman–Crippen MR) is 116 cm³/mol. The highest BCUT2D eigenvalue weighted by Gasteiger charge is 2.30. The molecule has 1 amide bonds. The van der Waals surface area contributed by atoms with E-state index in [0.29, 0.717) is 21.9 Å². The minimum atomic E-state index is -4.41. The van der Waals surface area contributed by atoms with Gasteiger partial charge in [0.05, 0.1) is 11.3 Å². The van der Waals surface area contributed by atoms with E-state index in [9.17, 15) is 18.0 Å². The van der Waals surface area contributed by atoms with Gasteiger partial charge < -0.3 is 10.2 Å². The first-order chi connectivity index (χ1) is 14.7. The van der Waals surface area contributed by atoms with Crippen LogP contribution in [0.4, 0.5) is 19.0 Å². The zero-order valence-corrected chi connectivity index (χ0v) is 18.7. The number of nitrogens with one attached hydrogen (secondary N) is 1. The molecule has 2 aromatic rings. The van der Waals surface area contributed by atoms with Gasteiger partial charge in [-0.15, -0.1) is 0 Å². The summed E-state index contributed by atoms with van der Waals surface area (Å²) in [5, 5.41) is 3.32. The number of hydrogen-bond donors (Lipinski definition) is 1. The fourth-order valence-corrected chi connectivity index (χ4v) is 4.44. The van der Waals surface area contributed by atoms with Crippen LogP contribution in [-0.4, -0.2) is 34.7 Å². The minimum Gasteiger partial charge on any atom is -0.357 e. The Balaban J connectivity index is 1.55. The summed E-state index contributed by atoms with van der Waals surface area (Å²) in [7, 11) is 1.99. The van der Waals surface area contributed by atoms with E-state index in [1.165, 1.54) is 31.4 Å². The topological polar surface area (TPSA) is 58.1 Å². The molecule has 1 aliphatic rings. The minimum absolute atomic E-state index is 0.00931. The summed E-state index contributed by atoms with van der Waals surface area (Å²) in [5.74, 6) is 0.429. The molecule has 10 heteroatoms. The number of aromatic nitrogens is 2. The summed E-state index contributed by atoms with van der Waals surface area (Å²) in [5.41, 5.74) is -0.362. The van der Waals surface area contributed by atoms with Crippen molar-refractivity contribution in [2.24, 2.45) is 0 Å². The summed E-state index contributed by atoms with van der Waals surface area (Å²) < 4.78 is 38.4. The van der Waals surface area contributed by atoms with Gasteiger partial charge in [0.25, 0.3) is 0 Å². The van der Waals surface area contributed by atoms with Crippen LogP contribution in [0.5, 0.6) is 0 Å². The number of hydrogen-bond acceptors (Lipinski definition) is 5. The zero-order chi connectivity index (χ0) is 22.4. The number of benzene rings is 1. The lowest BCUT2D eigenvalue weighted by atomic mass is 9.94. The Kier molecular flexibility index (Phi) is 8.05. The molecule has 1 aliphatic carbocycles. The van der Waals surface area contributed by atoms with Gasteiger partial charge >= 0.3 is 6.18 Å². The molecule has 0 aliphatic heterocycles. The number of rotatable bonds is 7. The lowest BCUT2D eigenvalue weighted by Crippen LogP contribution is -2.34. The molecule has 0 saturated heterocycles. The normalized spacial score (nSPS) is 15.0. The van der Waals surface area contributed by atoms with Gasteiger partial charge in [0, 0.05) is 25.7 Å². The van der Waals surface area contributed by atoms with Crippen LogP contribution in [0.25, 0.3) is 0 Å². The number of amides is 1. The van der Waals surface area contributed by atoms with Gasteiger partial charge in [0.15, 0.2) is 5.16 Å². The van der Waals surface area contributed by atoms with Crippen LogP contribution in [0.3, 0.4) is 0 Å². The van der Waals surface area contributed by atoms with Gasteiger partial charge in [-0.3, -0.25) is 4.79 Å². The Morgan fingerprint density at radius 3 is 2.68 bits per heavy atom. The van der Waals surface area contributed by atoms with E-state index in [4.69, 9.17) is 11.6 Å². The number of halogens is 4. The number of carbonyl (C=O) groups is 1. The Morgan fingerprint density at radius 1 is 1.23 bits per heavy atom. The van der Waals surface area contributed by atoms with Crippen molar-refractivity contribution in [1.82, 2.24) is 15.3 Å². The third-order valence-corrected chi connectivity index (χ3v) is 6.26. The average Bonchev–Trinajstić information content (AvgIpc) is 2.75. The first-order valence-electron chi connectivity index (χ1n) is 10.1. The number of anilines is 1. The van der Waals surface area contributed by atoms with Crippen LogP contribution in [-0.2, 0) is 17.5 Å². The molecule has 1 aromatic carbocycles. The van der Waals surface area contributed by atoms with Crippen molar-refractivity contribution < 1.29 is 18.0 Å². The van der Waals surface area contributed by atoms with Crippen molar-refractivity contribution >= 4 is 35.1 Å². The summed E-state index contributed by atoms with van der Waals surface area (Å²) in [6.07, 6.45) is 1.45. The third-order valence-electron chi connectivity index (χ3n) is 5.22. The van der Waals surface area contributed by atoms with E-state index in [-0.39, 0.29) is 18.2 Å². The van der Waals surface area contributed by atoms with Crippen LogP contribution in [0.2, 0.25) is 5.15 Å². The highest BCUT2D eigenvalue weighted by atomic mass is 35.5. The molecule has 0 spiro atoms. The van der Waals surface area contributed by atoms with Gasteiger partial charge in [-0.2, -0.15) is 13.2 Å². The molecule has 31 heavy (non-hydrogen) atoms. The van der Waals surface area contributed by atoms with Crippen molar-refractivity contribution in [3.05, 3.63) is 46.6 Å². The Morgan fingerprint density at radius 2 is 1.97 bits per heavy atom. The molecule has 168 valence electrons. The molecule has 0 bridgehead atoms. The van der Waals surface area contributed by atoms with E-state index >= 15 is 0 Å². The van der Waals surface area contributed by atoms with Gasteiger partial charge in [0.1, 0.15) is 11.0 Å². The molecule has 1 aromatic heterocycles. The number of thioether (sulfide) groups is 1. The molecule has 0 unspecified atom stereocenters. The maximum absolute atomic E-state index is 12.8. The van der Waals surface area contributed by atoms with Crippen LogP contribution in [0.15, 0.2) is 35.5 Å². The molecule has 1 fully saturated rings. The van der Waals surface area contributed by atoms with Gasteiger partial charge in [-0.25, -0.2) is 9.97 Å². The number of carbonyl (C=O) groups excluding carboxylic acids is 1. The zero-order valence-electron chi connectivity index (χ0n) is 17.1. The quantitative estimate of drug-likeness (QED) is 0.335. The molecular weight excluding hydrogens is 449 g/mol. The summed E-state index contributed by atoms with van der Waals surface area (Å²) in [6, 6.07) is 7.02. The fourth-order valence-electron chi connectivity index (χ4n) is 3.53. The summed E-state index contributed by atoms with van der Waals surface area (Å²) in [6.45, 7) is 0.00931. The van der Waals surface area contributed by atoms with Gasteiger partial charge in [-0.1, -0.05) is 54.8 Å². The standard InChI is InChI=1S/C21H24ClF3N4OS/c1-29(16-8-3-2-4-9-16)18-11-17(22)27-20(28-18)31-13-19(30)26-12-14-6-5-7-15(10-14)21(23,24)25/h5-7,10-11,16H,2-4,8-9,12-13H2,1H3,(H,26,30). The van der Waals surface area contributed by atoms with Crippen LogP contribution >= 0.6 is 23.4 Å². The second kappa shape index (κ2) is 10.5. The van der Waals surface area contributed by atoms with Crippen molar-refractivity contribution in [2.75, 3.05) is 17.7 Å². The fraction of sp³-hybridized carbons (Fsp3) is 0.476. The van der Waals surface area contributed by atoms with Crippen molar-refractivity contribution in [3.8, 4) is 0 Å². The molecule has 0 atom stereocenters. The van der Waals surface area contributed by atoms with Crippen LogP contribution in [0, 0.1) is 0 Å². The van der Waals surface area contributed by atoms with Crippen molar-refractivity contribution in [2.45, 2.75) is 56.0 Å². The Bertz CT molecular complexity index is 906. The predicted octanol–water partition coefficient (Wildman–Crippen LogP) is 5.33. The molecule has 5 nitrogen and oxygen atoms in total. The second-order valence-corrected chi connectivity index (χ2v) is 8.83. The molecular formula is C21H24ClF3N4OS. The van der Waals surface area contributed by atoms with Crippen molar-refractivity contribution in [3.63, 3.8) is 0 Å². The average molecular weight is 473 g/mol. The maximum Gasteiger partial charge on any atom is 0.416 e. The highest BCUT2D eigenvalue weighted by Crippen LogP contribution is 2.30. The van der Waals surface area contributed by atoms with Crippen LogP contribution in [0.1, 0.15) is 43.2 Å². The SMILES string of the molecule is CN(c1cc(Cl)nc(SCC(=O)NCc2cccc(C(F)(F)F)c2)n1)C1CCCCC1. The molecule has 0 radical (unpaired) electrons. The number of alkyl halides is 3. The Labute approximate surface area is 188 Å². The first-order valence-corrected chi connectivity index (χ1v) is 11.4. The second-order valence-electron chi connectivity index (χ2n) is 7.50. The third kappa shape index (κ3) is 7.00. The largest absolute Gasteiger partial charge is 0.416 e. The van der Waals surface area contributed by atoms with E-state index in [1.807, 2.05) is 7.05 Å². The summed E-state index contributed by atoms with van der Waals surface area (Å²) >= 11 is 7.30. The summed E-state index contributed by atoms with van der Waals surface area (Å²) in [4.78, 5) is 23.0. The molecule has 1 heterocycles. The lowest BCUT2D eigenvalue weighted by molar-refractivity contribution is -0.137. The lowest BCUT2D eigenvalue weighted by Gasteiger charge is -2.32. The Hall–Kier alpha value is -2.00. The van der Waals surface area contributed by atoms with Gasteiger partial charge in [-0.05, 0) is 30.5 Å². The maximum atomic E-state index is 12.8. The van der Waals surface area contributed by atoms with E-state index in [1.54, 1.807) is 6.07 Å². The van der Waals surface area contributed by atoms with Crippen LogP contribution < -0.4 is 10.2 Å². The number of nitrogens with zero attached hydrogens (tertiary/aromatic N) is 3. The molecule has 1 saturated carbocycles. The highest BCUT2D eigenvalue weighted by molar-refractivity contribution is 7.99.